The molecule has 0 unspecified atom stereocenters. The lowest BCUT2D eigenvalue weighted by Gasteiger charge is -2.31. The Morgan fingerprint density at radius 2 is 1.96 bits per heavy atom. The number of amides is 2. The fraction of sp³-hybridized carbons (Fsp3) is 0.632. The van der Waals surface area contributed by atoms with E-state index < -0.39 is 0 Å². The van der Waals surface area contributed by atoms with E-state index in [4.69, 9.17) is 0 Å². The highest BCUT2D eigenvalue weighted by Gasteiger charge is 2.28. The second-order valence-corrected chi connectivity index (χ2v) is 7.06. The van der Waals surface area contributed by atoms with Crippen molar-refractivity contribution in [2.24, 2.45) is 5.92 Å². The van der Waals surface area contributed by atoms with E-state index in [-0.39, 0.29) is 17.7 Å². The second kappa shape index (κ2) is 8.32. The topological polar surface area (TPSA) is 74.3 Å². The standard InChI is InChI=1S/C19H28N4O2/c1-2-3-10-20-18(24)14-8-11-23(12-9-14)19(25)15-4-7-17(21-13-15)22-16-5-6-16/h4,7,13-14,16H,2-3,5-6,8-12H2,1H3,(H,20,24)(H,21,22). The molecule has 0 radical (unpaired) electrons. The average molecular weight is 344 g/mol. The number of anilines is 1. The van der Waals surface area contributed by atoms with Crippen LogP contribution in [0.25, 0.3) is 0 Å². The monoisotopic (exact) mass is 344 g/mol. The van der Waals surface area contributed by atoms with Crippen LogP contribution in [0.4, 0.5) is 5.82 Å². The molecular weight excluding hydrogens is 316 g/mol. The number of carbonyl (C=O) groups is 2. The van der Waals surface area contributed by atoms with Crippen LogP contribution in [0.5, 0.6) is 0 Å². The van der Waals surface area contributed by atoms with Gasteiger partial charge in [0.05, 0.1) is 5.56 Å². The molecule has 3 rings (SSSR count). The summed E-state index contributed by atoms with van der Waals surface area (Å²) in [6.07, 6.45) is 7.61. The molecule has 6 nitrogen and oxygen atoms in total. The average Bonchev–Trinajstić information content (AvgIpc) is 3.46. The van der Waals surface area contributed by atoms with Gasteiger partial charge in [-0.25, -0.2) is 4.98 Å². The number of hydrogen-bond acceptors (Lipinski definition) is 4. The number of unbranched alkanes of at least 4 members (excludes halogenated alkanes) is 1. The Morgan fingerprint density at radius 1 is 1.20 bits per heavy atom. The molecule has 0 atom stereocenters. The van der Waals surface area contributed by atoms with Gasteiger partial charge in [0, 0.05) is 37.8 Å². The third-order valence-electron chi connectivity index (χ3n) is 4.92. The van der Waals surface area contributed by atoms with Crippen molar-refractivity contribution < 1.29 is 9.59 Å². The molecule has 136 valence electrons. The van der Waals surface area contributed by atoms with Gasteiger partial charge < -0.3 is 15.5 Å². The summed E-state index contributed by atoms with van der Waals surface area (Å²) in [5, 5.41) is 6.32. The molecule has 1 saturated carbocycles. The highest BCUT2D eigenvalue weighted by molar-refractivity contribution is 5.94. The van der Waals surface area contributed by atoms with Crippen LogP contribution in [0.15, 0.2) is 18.3 Å². The quantitative estimate of drug-likeness (QED) is 0.745. The molecule has 0 spiro atoms. The normalized spacial score (nSPS) is 18.0. The Labute approximate surface area is 149 Å². The van der Waals surface area contributed by atoms with Crippen molar-refractivity contribution in [2.45, 2.75) is 51.5 Å². The lowest BCUT2D eigenvalue weighted by atomic mass is 9.95. The molecule has 1 saturated heterocycles. The summed E-state index contributed by atoms with van der Waals surface area (Å²) >= 11 is 0. The van der Waals surface area contributed by atoms with Gasteiger partial charge in [-0.2, -0.15) is 0 Å². The molecule has 1 aliphatic heterocycles. The Kier molecular flexibility index (Phi) is 5.89. The van der Waals surface area contributed by atoms with Gasteiger partial charge in [0.1, 0.15) is 5.82 Å². The molecule has 6 heteroatoms. The maximum Gasteiger partial charge on any atom is 0.255 e. The highest BCUT2D eigenvalue weighted by atomic mass is 16.2. The van der Waals surface area contributed by atoms with Crippen molar-refractivity contribution in [3.8, 4) is 0 Å². The lowest BCUT2D eigenvalue weighted by molar-refractivity contribution is -0.126. The summed E-state index contributed by atoms with van der Waals surface area (Å²) in [7, 11) is 0. The van der Waals surface area contributed by atoms with Crippen molar-refractivity contribution in [1.82, 2.24) is 15.2 Å². The number of piperidine rings is 1. The first kappa shape index (κ1) is 17.7. The Morgan fingerprint density at radius 3 is 2.56 bits per heavy atom. The largest absolute Gasteiger partial charge is 0.367 e. The number of carbonyl (C=O) groups excluding carboxylic acids is 2. The van der Waals surface area contributed by atoms with Gasteiger partial charge in [0.25, 0.3) is 5.91 Å². The highest BCUT2D eigenvalue weighted by Crippen LogP contribution is 2.24. The zero-order valence-corrected chi connectivity index (χ0v) is 15.0. The molecular formula is C19H28N4O2. The summed E-state index contributed by atoms with van der Waals surface area (Å²) in [4.78, 5) is 30.9. The fourth-order valence-electron chi connectivity index (χ4n) is 3.10. The van der Waals surface area contributed by atoms with Gasteiger partial charge >= 0.3 is 0 Å². The zero-order valence-electron chi connectivity index (χ0n) is 15.0. The van der Waals surface area contributed by atoms with Gasteiger partial charge in [-0.15, -0.1) is 0 Å². The van der Waals surface area contributed by atoms with E-state index in [0.29, 0.717) is 24.7 Å². The van der Waals surface area contributed by atoms with Crippen molar-refractivity contribution in [1.29, 1.82) is 0 Å². The van der Waals surface area contributed by atoms with Gasteiger partial charge in [-0.05, 0) is 44.2 Å². The van der Waals surface area contributed by atoms with E-state index in [0.717, 1.165) is 38.0 Å². The number of nitrogens with one attached hydrogen (secondary N) is 2. The first-order valence-corrected chi connectivity index (χ1v) is 9.47. The van der Waals surface area contributed by atoms with Crippen molar-refractivity contribution in [3.05, 3.63) is 23.9 Å². The molecule has 25 heavy (non-hydrogen) atoms. The maximum atomic E-state index is 12.6. The second-order valence-electron chi connectivity index (χ2n) is 7.06. The molecule has 2 amide bonds. The van der Waals surface area contributed by atoms with Crippen LogP contribution in [-0.2, 0) is 4.79 Å². The molecule has 2 N–H and O–H groups in total. The van der Waals surface area contributed by atoms with Crippen molar-refractivity contribution >= 4 is 17.6 Å². The number of hydrogen-bond donors (Lipinski definition) is 2. The van der Waals surface area contributed by atoms with Crippen LogP contribution >= 0.6 is 0 Å². The fourth-order valence-corrected chi connectivity index (χ4v) is 3.10. The molecule has 2 aliphatic rings. The van der Waals surface area contributed by atoms with Gasteiger partial charge in [-0.3, -0.25) is 9.59 Å². The number of pyridine rings is 1. The van der Waals surface area contributed by atoms with Crippen LogP contribution in [0, 0.1) is 5.92 Å². The number of aromatic nitrogens is 1. The first-order chi connectivity index (χ1) is 12.2. The molecule has 1 aromatic heterocycles. The van der Waals surface area contributed by atoms with Crippen LogP contribution in [0.1, 0.15) is 55.8 Å². The Hall–Kier alpha value is -2.11. The van der Waals surface area contributed by atoms with Crippen LogP contribution in [0.2, 0.25) is 0 Å². The summed E-state index contributed by atoms with van der Waals surface area (Å²) in [5.74, 6) is 1.01. The van der Waals surface area contributed by atoms with E-state index in [1.165, 1.54) is 12.8 Å². The minimum atomic E-state index is 0.00955. The maximum absolute atomic E-state index is 12.6. The minimum Gasteiger partial charge on any atom is -0.367 e. The zero-order chi connectivity index (χ0) is 17.6. The SMILES string of the molecule is CCCCNC(=O)C1CCN(C(=O)c2ccc(NC3CC3)nc2)CC1. The third-order valence-corrected chi connectivity index (χ3v) is 4.92. The minimum absolute atomic E-state index is 0.00955. The van der Waals surface area contributed by atoms with E-state index in [2.05, 4.69) is 22.5 Å². The number of likely N-dealkylation sites (tertiary alicyclic amines) is 1. The van der Waals surface area contributed by atoms with Crippen LogP contribution < -0.4 is 10.6 Å². The lowest BCUT2D eigenvalue weighted by Crippen LogP contribution is -2.43. The number of rotatable bonds is 7. The first-order valence-electron chi connectivity index (χ1n) is 9.47. The van der Waals surface area contributed by atoms with Crippen LogP contribution in [0.3, 0.4) is 0 Å². The smallest absolute Gasteiger partial charge is 0.255 e. The predicted octanol–water partition coefficient (Wildman–Crippen LogP) is 2.42. The summed E-state index contributed by atoms with van der Waals surface area (Å²) in [6.45, 7) is 4.13. The molecule has 2 fully saturated rings. The Balaban J connectivity index is 1.46. The van der Waals surface area contributed by atoms with E-state index in [1.54, 1.807) is 6.20 Å². The molecule has 0 bridgehead atoms. The van der Waals surface area contributed by atoms with Crippen molar-refractivity contribution in [2.75, 3.05) is 25.0 Å². The summed E-state index contributed by atoms with van der Waals surface area (Å²) < 4.78 is 0. The van der Waals surface area contributed by atoms with E-state index in [9.17, 15) is 9.59 Å². The molecule has 1 aliphatic carbocycles. The van der Waals surface area contributed by atoms with Gasteiger partial charge in [-0.1, -0.05) is 13.3 Å². The van der Waals surface area contributed by atoms with Crippen molar-refractivity contribution in [3.63, 3.8) is 0 Å². The summed E-state index contributed by atoms with van der Waals surface area (Å²) in [5.41, 5.74) is 0.618. The van der Waals surface area contributed by atoms with Gasteiger partial charge in [0.15, 0.2) is 0 Å². The molecule has 2 heterocycles. The third kappa shape index (κ3) is 4.94. The summed E-state index contributed by atoms with van der Waals surface area (Å²) in [6, 6.07) is 4.26. The van der Waals surface area contributed by atoms with Gasteiger partial charge in [0.2, 0.25) is 5.91 Å². The Bertz CT molecular complexity index is 590. The molecule has 1 aromatic rings. The van der Waals surface area contributed by atoms with E-state index in [1.807, 2.05) is 17.0 Å². The number of nitrogens with zero attached hydrogens (tertiary/aromatic N) is 2. The predicted molar refractivity (Wildman–Crippen MR) is 97.4 cm³/mol. The molecule has 0 aromatic carbocycles. The van der Waals surface area contributed by atoms with Crippen LogP contribution in [-0.4, -0.2) is 47.4 Å². The van der Waals surface area contributed by atoms with E-state index >= 15 is 0 Å².